The first-order valence-corrected chi connectivity index (χ1v) is 5.29. The van der Waals surface area contributed by atoms with Gasteiger partial charge in [-0.05, 0) is 6.42 Å². The van der Waals surface area contributed by atoms with Crippen molar-refractivity contribution in [1.29, 1.82) is 0 Å². The standard InChI is InChI=1S/C10H13N5O2/c1-7(10(16)17)2-3-11-8-9-14-13-6-15(9)5-4-12-8/h4-7H,2-3H2,1H3,(H,11,12)(H,16,17). The van der Waals surface area contributed by atoms with E-state index in [1.807, 2.05) is 0 Å². The van der Waals surface area contributed by atoms with Gasteiger partial charge in [-0.1, -0.05) is 6.92 Å². The van der Waals surface area contributed by atoms with E-state index in [-0.39, 0.29) is 5.92 Å². The van der Waals surface area contributed by atoms with Crippen LogP contribution in [0.3, 0.4) is 0 Å². The zero-order chi connectivity index (χ0) is 12.3. The van der Waals surface area contributed by atoms with Crippen LogP contribution in [0.1, 0.15) is 13.3 Å². The predicted molar refractivity (Wildman–Crippen MR) is 60.7 cm³/mol. The molecule has 2 heterocycles. The van der Waals surface area contributed by atoms with Crippen LogP contribution in [0.5, 0.6) is 0 Å². The van der Waals surface area contributed by atoms with Crippen molar-refractivity contribution in [2.45, 2.75) is 13.3 Å². The van der Waals surface area contributed by atoms with E-state index in [2.05, 4.69) is 20.5 Å². The smallest absolute Gasteiger partial charge is 0.306 e. The number of carboxylic acids is 1. The minimum atomic E-state index is -0.791. The zero-order valence-corrected chi connectivity index (χ0v) is 9.37. The molecule has 2 rings (SSSR count). The monoisotopic (exact) mass is 235 g/mol. The molecule has 0 amide bonds. The average Bonchev–Trinajstić information content (AvgIpc) is 2.77. The summed E-state index contributed by atoms with van der Waals surface area (Å²) in [5.41, 5.74) is 0.635. The van der Waals surface area contributed by atoms with Crippen LogP contribution in [-0.2, 0) is 4.79 Å². The summed E-state index contributed by atoms with van der Waals surface area (Å²) in [6.07, 6.45) is 5.51. The maximum atomic E-state index is 10.6. The lowest BCUT2D eigenvalue weighted by Gasteiger charge is -2.08. The number of fused-ring (bicyclic) bond motifs is 1. The van der Waals surface area contributed by atoms with Crippen molar-refractivity contribution in [2.75, 3.05) is 11.9 Å². The third-order valence-corrected chi connectivity index (χ3v) is 2.51. The first kappa shape index (κ1) is 11.3. The molecule has 7 nitrogen and oxygen atoms in total. The van der Waals surface area contributed by atoms with Crippen molar-refractivity contribution in [1.82, 2.24) is 19.6 Å². The van der Waals surface area contributed by atoms with Crippen LogP contribution in [0.25, 0.3) is 5.65 Å². The Kier molecular flexibility index (Phi) is 3.17. The second-order valence-electron chi connectivity index (χ2n) is 3.79. The summed E-state index contributed by atoms with van der Waals surface area (Å²) in [5, 5.41) is 19.5. The Morgan fingerprint density at radius 2 is 2.47 bits per heavy atom. The van der Waals surface area contributed by atoms with Crippen molar-refractivity contribution in [2.24, 2.45) is 5.92 Å². The van der Waals surface area contributed by atoms with Crippen LogP contribution in [0.4, 0.5) is 5.82 Å². The number of aromatic nitrogens is 4. The molecule has 0 aliphatic heterocycles. The Bertz CT molecular complexity index is 524. The first-order valence-electron chi connectivity index (χ1n) is 5.29. The van der Waals surface area contributed by atoms with Gasteiger partial charge in [0.05, 0.1) is 5.92 Å². The van der Waals surface area contributed by atoms with Crippen LogP contribution >= 0.6 is 0 Å². The fraction of sp³-hybridized carbons (Fsp3) is 0.400. The summed E-state index contributed by atoms with van der Waals surface area (Å²) >= 11 is 0. The molecule has 0 radical (unpaired) electrons. The molecule has 0 aliphatic carbocycles. The Balaban J connectivity index is 1.99. The van der Waals surface area contributed by atoms with Crippen molar-refractivity contribution < 1.29 is 9.90 Å². The number of hydrogen-bond acceptors (Lipinski definition) is 5. The molecule has 2 N–H and O–H groups in total. The molecule has 90 valence electrons. The van der Waals surface area contributed by atoms with Gasteiger partial charge in [0.1, 0.15) is 6.33 Å². The number of rotatable bonds is 5. The van der Waals surface area contributed by atoms with Crippen molar-refractivity contribution in [3.05, 3.63) is 18.7 Å². The molecule has 0 saturated carbocycles. The van der Waals surface area contributed by atoms with E-state index >= 15 is 0 Å². The van der Waals surface area contributed by atoms with Gasteiger partial charge in [0, 0.05) is 18.9 Å². The second-order valence-corrected chi connectivity index (χ2v) is 3.79. The molecule has 0 aliphatic rings. The molecule has 1 atom stereocenters. The fourth-order valence-electron chi connectivity index (χ4n) is 1.41. The van der Waals surface area contributed by atoms with Crippen molar-refractivity contribution in [3.63, 3.8) is 0 Å². The normalized spacial score (nSPS) is 12.5. The molecule has 17 heavy (non-hydrogen) atoms. The van der Waals surface area contributed by atoms with Crippen LogP contribution in [0.2, 0.25) is 0 Å². The Morgan fingerprint density at radius 1 is 1.65 bits per heavy atom. The number of nitrogens with one attached hydrogen (secondary N) is 1. The number of hydrogen-bond donors (Lipinski definition) is 2. The van der Waals surface area contributed by atoms with Crippen LogP contribution < -0.4 is 5.32 Å². The van der Waals surface area contributed by atoms with Gasteiger partial charge in [-0.25, -0.2) is 4.98 Å². The summed E-state index contributed by atoms with van der Waals surface area (Å²) in [6, 6.07) is 0. The SMILES string of the molecule is CC(CCNc1nccn2cnnc12)C(=O)O. The lowest BCUT2D eigenvalue weighted by molar-refractivity contribution is -0.141. The number of aliphatic carboxylic acids is 1. The highest BCUT2D eigenvalue weighted by Gasteiger charge is 2.10. The number of anilines is 1. The van der Waals surface area contributed by atoms with E-state index in [4.69, 9.17) is 5.11 Å². The van der Waals surface area contributed by atoms with Crippen molar-refractivity contribution >= 4 is 17.4 Å². The zero-order valence-electron chi connectivity index (χ0n) is 9.37. The molecule has 0 saturated heterocycles. The van der Waals surface area contributed by atoms with E-state index in [0.717, 1.165) is 0 Å². The molecule has 2 aromatic heterocycles. The lowest BCUT2D eigenvalue weighted by Crippen LogP contribution is -2.15. The summed E-state index contributed by atoms with van der Waals surface area (Å²) in [7, 11) is 0. The Morgan fingerprint density at radius 3 is 3.24 bits per heavy atom. The topological polar surface area (TPSA) is 92.4 Å². The maximum Gasteiger partial charge on any atom is 0.306 e. The van der Waals surface area contributed by atoms with E-state index < -0.39 is 5.97 Å². The highest BCUT2D eigenvalue weighted by molar-refractivity contribution is 5.69. The number of carboxylic acid groups (broad SMARTS) is 1. The Labute approximate surface area is 97.5 Å². The minimum Gasteiger partial charge on any atom is -0.481 e. The third kappa shape index (κ3) is 2.49. The molecule has 1 unspecified atom stereocenters. The molecule has 7 heteroatoms. The molecule has 0 fully saturated rings. The summed E-state index contributed by atoms with van der Waals surface area (Å²) in [5.74, 6) is -0.553. The van der Waals surface area contributed by atoms with Crippen LogP contribution in [0, 0.1) is 5.92 Å². The highest BCUT2D eigenvalue weighted by Crippen LogP contribution is 2.10. The quantitative estimate of drug-likeness (QED) is 0.790. The molecule has 0 spiro atoms. The minimum absolute atomic E-state index is 0.375. The Hall–Kier alpha value is -2.18. The van der Waals surface area contributed by atoms with E-state index in [1.165, 1.54) is 0 Å². The summed E-state index contributed by atoms with van der Waals surface area (Å²) < 4.78 is 1.75. The number of nitrogens with zero attached hydrogens (tertiary/aromatic N) is 4. The van der Waals surface area contributed by atoms with Gasteiger partial charge in [-0.3, -0.25) is 9.20 Å². The van der Waals surface area contributed by atoms with E-state index in [1.54, 1.807) is 30.0 Å². The van der Waals surface area contributed by atoms with E-state index in [9.17, 15) is 4.79 Å². The molecular weight excluding hydrogens is 222 g/mol. The molecule has 2 aromatic rings. The second kappa shape index (κ2) is 4.77. The average molecular weight is 235 g/mol. The first-order chi connectivity index (χ1) is 8.18. The maximum absolute atomic E-state index is 10.6. The lowest BCUT2D eigenvalue weighted by atomic mass is 10.1. The molecule has 0 aromatic carbocycles. The van der Waals surface area contributed by atoms with Gasteiger partial charge >= 0.3 is 5.97 Å². The van der Waals surface area contributed by atoms with Gasteiger partial charge < -0.3 is 10.4 Å². The fourth-order valence-corrected chi connectivity index (χ4v) is 1.41. The van der Waals surface area contributed by atoms with Crippen LogP contribution in [-0.4, -0.2) is 37.2 Å². The third-order valence-electron chi connectivity index (χ3n) is 2.51. The molecule has 0 bridgehead atoms. The summed E-state index contributed by atoms with van der Waals surface area (Å²) in [6.45, 7) is 2.21. The van der Waals surface area contributed by atoms with Gasteiger partial charge in [0.25, 0.3) is 0 Å². The van der Waals surface area contributed by atoms with Gasteiger partial charge in [-0.2, -0.15) is 0 Å². The van der Waals surface area contributed by atoms with Gasteiger partial charge in [0.15, 0.2) is 5.82 Å². The number of carbonyl (C=O) groups is 1. The summed E-state index contributed by atoms with van der Waals surface area (Å²) in [4.78, 5) is 14.8. The largest absolute Gasteiger partial charge is 0.481 e. The molecular formula is C10H13N5O2. The van der Waals surface area contributed by atoms with Gasteiger partial charge in [0.2, 0.25) is 5.65 Å². The predicted octanol–water partition coefficient (Wildman–Crippen LogP) is 0.647. The highest BCUT2D eigenvalue weighted by atomic mass is 16.4. The van der Waals surface area contributed by atoms with Crippen LogP contribution in [0.15, 0.2) is 18.7 Å². The van der Waals surface area contributed by atoms with Gasteiger partial charge in [-0.15, -0.1) is 10.2 Å². The van der Waals surface area contributed by atoms with E-state index in [0.29, 0.717) is 24.4 Å². The van der Waals surface area contributed by atoms with Crippen molar-refractivity contribution in [3.8, 4) is 0 Å².